The summed E-state index contributed by atoms with van der Waals surface area (Å²) in [5.41, 5.74) is 4.34. The van der Waals surface area contributed by atoms with Crippen LogP contribution >= 0.6 is 0 Å². The monoisotopic (exact) mass is 402 g/mol. The molecule has 1 amide bonds. The van der Waals surface area contributed by atoms with Gasteiger partial charge >= 0.3 is 5.97 Å². The number of aryl methyl sites for hydroxylation is 1. The predicted molar refractivity (Wildman–Crippen MR) is 116 cm³/mol. The van der Waals surface area contributed by atoms with Crippen LogP contribution in [0.4, 0.5) is 0 Å². The van der Waals surface area contributed by atoms with E-state index in [1.165, 1.54) is 0 Å². The van der Waals surface area contributed by atoms with Gasteiger partial charge in [0.25, 0.3) is 5.91 Å². The zero-order valence-corrected chi connectivity index (χ0v) is 17.2. The van der Waals surface area contributed by atoms with E-state index in [0.29, 0.717) is 5.56 Å². The SMILES string of the molecule is CCC[C@@H](NC(=O)COC(=O)c1c2c(nc3ccccc13)CCC2)c1ccccc1. The van der Waals surface area contributed by atoms with Crippen LogP contribution in [-0.2, 0) is 22.4 Å². The van der Waals surface area contributed by atoms with Crippen molar-refractivity contribution in [3.05, 3.63) is 77.0 Å². The molecule has 2 aromatic carbocycles. The molecule has 1 N–H and O–H groups in total. The highest BCUT2D eigenvalue weighted by atomic mass is 16.5. The molecular weight excluding hydrogens is 376 g/mol. The number of amides is 1. The minimum Gasteiger partial charge on any atom is -0.452 e. The smallest absolute Gasteiger partial charge is 0.339 e. The number of hydrogen-bond donors (Lipinski definition) is 1. The van der Waals surface area contributed by atoms with E-state index in [1.807, 2.05) is 54.6 Å². The number of benzene rings is 2. The molecule has 3 aromatic rings. The third-order valence-corrected chi connectivity index (χ3v) is 5.57. The number of carbonyl (C=O) groups excluding carboxylic acids is 2. The summed E-state index contributed by atoms with van der Waals surface area (Å²) < 4.78 is 5.46. The van der Waals surface area contributed by atoms with Crippen molar-refractivity contribution in [3.8, 4) is 0 Å². The van der Waals surface area contributed by atoms with E-state index in [2.05, 4.69) is 12.2 Å². The van der Waals surface area contributed by atoms with Gasteiger partial charge in [-0.25, -0.2) is 4.79 Å². The zero-order chi connectivity index (χ0) is 20.9. The van der Waals surface area contributed by atoms with Crippen molar-refractivity contribution in [3.63, 3.8) is 0 Å². The molecule has 154 valence electrons. The van der Waals surface area contributed by atoms with Crippen molar-refractivity contribution in [1.29, 1.82) is 0 Å². The molecule has 30 heavy (non-hydrogen) atoms. The Labute approximate surface area is 176 Å². The average Bonchev–Trinajstić information content (AvgIpc) is 3.24. The van der Waals surface area contributed by atoms with Crippen molar-refractivity contribution < 1.29 is 14.3 Å². The van der Waals surface area contributed by atoms with Crippen molar-refractivity contribution in [2.75, 3.05) is 6.61 Å². The summed E-state index contributed by atoms with van der Waals surface area (Å²) in [5, 5.41) is 3.79. The first kappa shape index (κ1) is 20.1. The molecule has 1 aliphatic carbocycles. The van der Waals surface area contributed by atoms with Crippen molar-refractivity contribution in [1.82, 2.24) is 10.3 Å². The van der Waals surface area contributed by atoms with Gasteiger partial charge in [-0.15, -0.1) is 0 Å². The minimum atomic E-state index is -0.450. The molecule has 5 nitrogen and oxygen atoms in total. The van der Waals surface area contributed by atoms with Gasteiger partial charge in [0.05, 0.1) is 17.1 Å². The lowest BCUT2D eigenvalue weighted by molar-refractivity contribution is -0.125. The topological polar surface area (TPSA) is 68.3 Å². The number of hydrogen-bond acceptors (Lipinski definition) is 4. The maximum Gasteiger partial charge on any atom is 0.339 e. The van der Waals surface area contributed by atoms with Crippen LogP contribution < -0.4 is 5.32 Å². The number of rotatable bonds is 7. The second kappa shape index (κ2) is 9.08. The van der Waals surface area contributed by atoms with Crippen LogP contribution in [0, 0.1) is 0 Å². The summed E-state index contributed by atoms with van der Waals surface area (Å²) in [5.74, 6) is -0.741. The first-order chi connectivity index (χ1) is 14.7. The molecular formula is C25H26N2O3. The van der Waals surface area contributed by atoms with E-state index in [1.54, 1.807) is 0 Å². The zero-order valence-electron chi connectivity index (χ0n) is 17.2. The van der Waals surface area contributed by atoms with Crippen molar-refractivity contribution >= 4 is 22.8 Å². The number of aromatic nitrogens is 1. The largest absolute Gasteiger partial charge is 0.452 e. The van der Waals surface area contributed by atoms with E-state index >= 15 is 0 Å². The number of carbonyl (C=O) groups is 2. The molecule has 1 heterocycles. The molecule has 0 aliphatic heterocycles. The van der Waals surface area contributed by atoms with Gasteiger partial charge in [-0.3, -0.25) is 9.78 Å². The van der Waals surface area contributed by atoms with E-state index in [4.69, 9.17) is 9.72 Å². The molecule has 0 saturated heterocycles. The van der Waals surface area contributed by atoms with Crippen LogP contribution in [0.25, 0.3) is 10.9 Å². The van der Waals surface area contributed by atoms with Crippen LogP contribution in [0.1, 0.15) is 59.4 Å². The average molecular weight is 402 g/mol. The lowest BCUT2D eigenvalue weighted by atomic mass is 10.0. The van der Waals surface area contributed by atoms with Crippen LogP contribution in [0.5, 0.6) is 0 Å². The molecule has 0 unspecified atom stereocenters. The third kappa shape index (κ3) is 4.20. The predicted octanol–water partition coefficient (Wildman–Crippen LogP) is 4.54. The minimum absolute atomic E-state index is 0.0894. The molecule has 5 heteroatoms. The fourth-order valence-corrected chi connectivity index (χ4v) is 4.18. The van der Waals surface area contributed by atoms with Gasteiger partial charge in [0.15, 0.2) is 6.61 Å². The summed E-state index contributed by atoms with van der Waals surface area (Å²) in [6.45, 7) is 1.79. The normalized spacial score (nSPS) is 13.6. The Kier molecular flexibility index (Phi) is 6.07. The maximum absolute atomic E-state index is 13.0. The molecule has 0 spiro atoms. The molecule has 0 bridgehead atoms. The summed E-state index contributed by atoms with van der Waals surface area (Å²) >= 11 is 0. The van der Waals surface area contributed by atoms with Crippen molar-refractivity contribution in [2.45, 2.75) is 45.1 Å². The standard InChI is InChI=1S/C25H26N2O3/c1-2-9-20(17-10-4-3-5-11-17)27-23(28)16-30-25(29)24-18-12-6-7-14-21(18)26-22-15-8-13-19(22)24/h3-7,10-12,14,20H,2,8-9,13,15-16H2,1H3,(H,27,28)/t20-/m1/s1. The highest BCUT2D eigenvalue weighted by molar-refractivity contribution is 6.05. The Morgan fingerprint density at radius 3 is 2.63 bits per heavy atom. The number of pyridine rings is 1. The Balaban J connectivity index is 1.48. The quantitative estimate of drug-likeness (QED) is 0.589. The Morgan fingerprint density at radius 2 is 1.83 bits per heavy atom. The molecule has 1 aliphatic rings. The fraction of sp³-hybridized carbons (Fsp3) is 0.320. The Morgan fingerprint density at radius 1 is 1.07 bits per heavy atom. The number of nitrogens with one attached hydrogen (secondary N) is 1. The molecule has 0 saturated carbocycles. The van der Waals surface area contributed by atoms with Crippen LogP contribution in [-0.4, -0.2) is 23.5 Å². The Bertz CT molecular complexity index is 1060. The van der Waals surface area contributed by atoms with E-state index in [9.17, 15) is 9.59 Å². The lowest BCUT2D eigenvalue weighted by Crippen LogP contribution is -2.32. The summed E-state index contributed by atoms with van der Waals surface area (Å²) in [4.78, 5) is 30.2. The van der Waals surface area contributed by atoms with Gasteiger partial charge < -0.3 is 10.1 Å². The number of nitrogens with zero attached hydrogens (tertiary/aromatic N) is 1. The fourth-order valence-electron chi connectivity index (χ4n) is 4.18. The third-order valence-electron chi connectivity index (χ3n) is 5.57. The molecule has 4 rings (SSSR count). The van der Waals surface area contributed by atoms with Gasteiger partial charge in [-0.1, -0.05) is 61.9 Å². The second-order valence-electron chi connectivity index (χ2n) is 7.68. The first-order valence-corrected chi connectivity index (χ1v) is 10.6. The van der Waals surface area contributed by atoms with E-state index < -0.39 is 5.97 Å². The number of para-hydroxylation sites is 1. The number of esters is 1. The second-order valence-corrected chi connectivity index (χ2v) is 7.68. The molecule has 1 aromatic heterocycles. The maximum atomic E-state index is 13.0. The van der Waals surface area contributed by atoms with E-state index in [-0.39, 0.29) is 18.6 Å². The molecule has 0 radical (unpaired) electrons. The summed E-state index contributed by atoms with van der Waals surface area (Å²) in [7, 11) is 0. The van der Waals surface area contributed by atoms with Crippen LogP contribution in [0.3, 0.4) is 0 Å². The number of ether oxygens (including phenoxy) is 1. The van der Waals surface area contributed by atoms with Crippen LogP contribution in [0.2, 0.25) is 0 Å². The molecule has 0 fully saturated rings. The Hall–Kier alpha value is -3.21. The van der Waals surface area contributed by atoms with Gasteiger partial charge in [-0.05, 0) is 42.9 Å². The highest BCUT2D eigenvalue weighted by Crippen LogP contribution is 2.30. The van der Waals surface area contributed by atoms with Crippen LogP contribution in [0.15, 0.2) is 54.6 Å². The van der Waals surface area contributed by atoms with Gasteiger partial charge in [0.2, 0.25) is 0 Å². The van der Waals surface area contributed by atoms with Gasteiger partial charge in [0.1, 0.15) is 0 Å². The summed E-state index contributed by atoms with van der Waals surface area (Å²) in [6, 6.07) is 17.4. The van der Waals surface area contributed by atoms with E-state index in [0.717, 1.165) is 59.8 Å². The molecule has 1 atom stereocenters. The number of fused-ring (bicyclic) bond motifs is 2. The van der Waals surface area contributed by atoms with Gasteiger partial charge in [-0.2, -0.15) is 0 Å². The highest BCUT2D eigenvalue weighted by Gasteiger charge is 2.25. The van der Waals surface area contributed by atoms with Crippen molar-refractivity contribution in [2.24, 2.45) is 0 Å². The summed E-state index contributed by atoms with van der Waals surface area (Å²) in [6.07, 6.45) is 4.43. The lowest BCUT2D eigenvalue weighted by Gasteiger charge is -2.19. The first-order valence-electron chi connectivity index (χ1n) is 10.6. The van der Waals surface area contributed by atoms with Gasteiger partial charge in [0, 0.05) is 11.1 Å².